The highest BCUT2D eigenvalue weighted by Crippen LogP contribution is 2.40. The minimum atomic E-state index is -0.324. The van der Waals surface area contributed by atoms with Gasteiger partial charge in [-0.1, -0.05) is 109 Å². The quantitative estimate of drug-likeness (QED) is 0.197. The maximum atomic E-state index is 6.89. The number of hydrogen-bond donors (Lipinski definition) is 2. The van der Waals surface area contributed by atoms with E-state index in [-0.39, 0.29) is 12.3 Å². The van der Waals surface area contributed by atoms with Gasteiger partial charge in [-0.3, -0.25) is 5.32 Å². The molecule has 4 heterocycles. The first kappa shape index (κ1) is 28.2. The van der Waals surface area contributed by atoms with Crippen LogP contribution < -0.4 is 10.6 Å². The average Bonchev–Trinajstić information content (AvgIpc) is 3.88. The summed E-state index contributed by atoms with van der Waals surface area (Å²) in [7, 11) is 0. The van der Waals surface area contributed by atoms with Crippen LogP contribution in [0, 0.1) is 0 Å². The first-order valence-electron chi connectivity index (χ1n) is 17.2. The van der Waals surface area contributed by atoms with Crippen molar-refractivity contribution in [3.05, 3.63) is 168 Å². The van der Waals surface area contributed by atoms with E-state index in [1.807, 2.05) is 48.5 Å². The fourth-order valence-corrected chi connectivity index (χ4v) is 7.72. The molecule has 0 amide bonds. The largest absolute Gasteiger partial charge is 0.456 e. The van der Waals surface area contributed by atoms with Crippen LogP contribution in [0.1, 0.15) is 29.0 Å². The fraction of sp³-hybridized carbons (Fsp3) is 0.0444. The predicted molar refractivity (Wildman–Crippen MR) is 205 cm³/mol. The molecule has 6 nitrogen and oxygen atoms in total. The van der Waals surface area contributed by atoms with Crippen LogP contribution in [0.25, 0.3) is 76.9 Å². The van der Waals surface area contributed by atoms with E-state index in [0.29, 0.717) is 0 Å². The van der Waals surface area contributed by atoms with Gasteiger partial charge >= 0.3 is 0 Å². The van der Waals surface area contributed by atoms with Crippen LogP contribution in [-0.2, 0) is 0 Å². The van der Waals surface area contributed by atoms with Crippen molar-refractivity contribution in [2.45, 2.75) is 12.3 Å². The van der Waals surface area contributed by atoms with E-state index in [1.54, 1.807) is 0 Å². The highest BCUT2D eigenvalue weighted by atomic mass is 16.3. The molecule has 0 aliphatic carbocycles. The highest BCUT2D eigenvalue weighted by Gasteiger charge is 2.28. The SMILES string of the molecule is c1ccc(C2NC(c3cccc4c3oc3c(-c5ccc6c(c5)oc5ccccc56)cccc34)=NC(c3ccc4oc5ccccc5c4c3)N2)cc1. The zero-order valence-corrected chi connectivity index (χ0v) is 27.3. The lowest BCUT2D eigenvalue weighted by atomic mass is 10.0. The van der Waals surface area contributed by atoms with Gasteiger partial charge in [0.05, 0.1) is 5.56 Å². The van der Waals surface area contributed by atoms with Gasteiger partial charge in [-0.2, -0.15) is 0 Å². The molecule has 3 aromatic heterocycles. The lowest BCUT2D eigenvalue weighted by Gasteiger charge is -2.32. The van der Waals surface area contributed by atoms with Crippen molar-refractivity contribution in [3.63, 3.8) is 0 Å². The number of furan rings is 3. The van der Waals surface area contributed by atoms with Gasteiger partial charge in [0.2, 0.25) is 0 Å². The Labute approximate surface area is 291 Å². The van der Waals surface area contributed by atoms with E-state index in [1.165, 1.54) is 0 Å². The van der Waals surface area contributed by atoms with E-state index in [9.17, 15) is 0 Å². The van der Waals surface area contributed by atoms with Crippen LogP contribution in [0.15, 0.2) is 170 Å². The number of benzene rings is 7. The number of fused-ring (bicyclic) bond motifs is 9. The lowest BCUT2D eigenvalue weighted by molar-refractivity contribution is 0.409. The maximum absolute atomic E-state index is 6.89. The zero-order chi connectivity index (χ0) is 33.5. The molecular weight excluding hydrogens is 631 g/mol. The molecule has 51 heavy (non-hydrogen) atoms. The third kappa shape index (κ3) is 4.43. The summed E-state index contributed by atoms with van der Waals surface area (Å²) in [6, 6.07) is 52.2. The van der Waals surface area contributed by atoms with Crippen LogP contribution >= 0.6 is 0 Å². The van der Waals surface area contributed by atoms with E-state index in [4.69, 9.17) is 18.2 Å². The molecule has 11 rings (SSSR count). The molecule has 6 heteroatoms. The number of amidine groups is 1. The van der Waals surface area contributed by atoms with Crippen LogP contribution in [-0.4, -0.2) is 5.84 Å². The Morgan fingerprint density at radius 2 is 1.06 bits per heavy atom. The van der Waals surface area contributed by atoms with Gasteiger partial charge < -0.3 is 18.6 Å². The molecule has 0 radical (unpaired) electrons. The Morgan fingerprint density at radius 3 is 1.86 bits per heavy atom. The second-order valence-electron chi connectivity index (χ2n) is 13.2. The van der Waals surface area contributed by atoms with Crippen molar-refractivity contribution in [1.82, 2.24) is 10.6 Å². The monoisotopic (exact) mass is 659 g/mol. The molecule has 0 saturated carbocycles. The summed E-state index contributed by atoms with van der Waals surface area (Å²) in [4.78, 5) is 5.32. The average molecular weight is 660 g/mol. The summed E-state index contributed by atoms with van der Waals surface area (Å²) in [5.41, 5.74) is 10.2. The Kier molecular flexibility index (Phi) is 6.05. The lowest BCUT2D eigenvalue weighted by Crippen LogP contribution is -2.45. The van der Waals surface area contributed by atoms with Crippen LogP contribution in [0.3, 0.4) is 0 Å². The van der Waals surface area contributed by atoms with Gasteiger partial charge in [-0.15, -0.1) is 0 Å². The smallest absolute Gasteiger partial charge is 0.146 e. The number of hydrogen-bond acceptors (Lipinski definition) is 6. The van der Waals surface area contributed by atoms with Crippen LogP contribution in [0.2, 0.25) is 0 Å². The van der Waals surface area contributed by atoms with Crippen LogP contribution in [0.4, 0.5) is 0 Å². The third-order valence-electron chi connectivity index (χ3n) is 10.2. The van der Waals surface area contributed by atoms with Gasteiger partial charge in [-0.25, -0.2) is 4.99 Å². The fourth-order valence-electron chi connectivity index (χ4n) is 7.72. The molecule has 242 valence electrons. The normalized spacial score (nSPS) is 16.4. The molecule has 7 aromatic carbocycles. The Bertz CT molecular complexity index is 3000. The Balaban J connectivity index is 1.06. The van der Waals surface area contributed by atoms with Crippen molar-refractivity contribution in [2.75, 3.05) is 0 Å². The van der Waals surface area contributed by atoms with Gasteiger partial charge in [0.25, 0.3) is 0 Å². The first-order chi connectivity index (χ1) is 25.2. The molecular formula is C45H29N3O3. The Morgan fingerprint density at radius 1 is 0.431 bits per heavy atom. The van der Waals surface area contributed by atoms with Gasteiger partial charge in [0.15, 0.2) is 0 Å². The van der Waals surface area contributed by atoms with Crippen molar-refractivity contribution < 1.29 is 13.3 Å². The second kappa shape index (κ2) is 10.9. The predicted octanol–water partition coefficient (Wildman–Crippen LogP) is 11.4. The molecule has 1 aliphatic heterocycles. The molecule has 0 spiro atoms. The second-order valence-corrected chi connectivity index (χ2v) is 13.2. The third-order valence-corrected chi connectivity index (χ3v) is 10.2. The molecule has 2 N–H and O–H groups in total. The van der Waals surface area contributed by atoms with Gasteiger partial charge in [0, 0.05) is 37.9 Å². The number of nitrogens with zero attached hydrogens (tertiary/aromatic N) is 1. The highest BCUT2D eigenvalue weighted by molar-refractivity contribution is 6.17. The zero-order valence-electron chi connectivity index (χ0n) is 27.3. The molecule has 0 saturated heterocycles. The molecule has 2 atom stereocenters. The van der Waals surface area contributed by atoms with Crippen molar-refractivity contribution >= 4 is 71.7 Å². The first-order valence-corrected chi connectivity index (χ1v) is 17.2. The van der Waals surface area contributed by atoms with E-state index >= 15 is 0 Å². The summed E-state index contributed by atoms with van der Waals surface area (Å²) in [5, 5.41) is 13.9. The topological polar surface area (TPSA) is 75.8 Å². The van der Waals surface area contributed by atoms with Crippen LogP contribution in [0.5, 0.6) is 0 Å². The summed E-state index contributed by atoms with van der Waals surface area (Å²) in [6.45, 7) is 0. The minimum Gasteiger partial charge on any atom is -0.456 e. The standard InChI is InChI=1S/C45H29N3O3/c1-2-10-26(11-3-1)43-46-44(28-21-23-39-36(24-28)31-13-5-7-19-38(31)49-39)48-45(47-43)35-17-9-16-34-33-15-8-14-29(41(33)51-42(34)35)27-20-22-32-30-12-4-6-18-37(30)50-40(32)25-27/h1-25,43-44,46H,(H,47,48). The number of rotatable bonds is 4. The molecule has 0 bridgehead atoms. The Hall–Kier alpha value is -6.63. The van der Waals surface area contributed by atoms with E-state index < -0.39 is 0 Å². The van der Waals surface area contributed by atoms with Gasteiger partial charge in [0.1, 0.15) is 51.7 Å². The molecule has 1 aliphatic rings. The summed E-state index contributed by atoms with van der Waals surface area (Å²) in [5.74, 6) is 0.764. The van der Waals surface area contributed by atoms with Gasteiger partial charge in [-0.05, 0) is 59.2 Å². The number of nitrogens with one attached hydrogen (secondary N) is 2. The summed E-state index contributed by atoms with van der Waals surface area (Å²) < 4.78 is 19.3. The molecule has 0 fully saturated rings. The van der Waals surface area contributed by atoms with Crippen molar-refractivity contribution in [2.24, 2.45) is 4.99 Å². The van der Waals surface area contributed by atoms with Crippen molar-refractivity contribution in [1.29, 1.82) is 0 Å². The molecule has 10 aromatic rings. The maximum Gasteiger partial charge on any atom is 0.146 e. The summed E-state index contributed by atoms with van der Waals surface area (Å²) in [6.07, 6.45) is -0.513. The number of para-hydroxylation sites is 4. The number of aliphatic imine (C=N–C) groups is 1. The van der Waals surface area contributed by atoms with Crippen molar-refractivity contribution in [3.8, 4) is 11.1 Å². The summed E-state index contributed by atoms with van der Waals surface area (Å²) >= 11 is 0. The van der Waals surface area contributed by atoms with E-state index in [2.05, 4.69) is 114 Å². The minimum absolute atomic E-state index is 0.189. The molecule has 2 unspecified atom stereocenters. The van der Waals surface area contributed by atoms with E-state index in [0.717, 1.165) is 99.5 Å².